The SMILES string of the molecule is O=S(c1ccccc1)C1CCCO1. The Labute approximate surface area is 80.4 Å². The first-order valence-corrected chi connectivity index (χ1v) is 5.66. The van der Waals surface area contributed by atoms with Crippen LogP contribution in [-0.2, 0) is 15.5 Å². The zero-order valence-electron chi connectivity index (χ0n) is 7.31. The van der Waals surface area contributed by atoms with Crippen molar-refractivity contribution < 1.29 is 8.95 Å². The van der Waals surface area contributed by atoms with Gasteiger partial charge in [0.2, 0.25) is 0 Å². The van der Waals surface area contributed by atoms with Gasteiger partial charge in [0.1, 0.15) is 5.44 Å². The van der Waals surface area contributed by atoms with Crippen molar-refractivity contribution >= 4 is 10.8 Å². The monoisotopic (exact) mass is 196 g/mol. The summed E-state index contributed by atoms with van der Waals surface area (Å²) in [7, 11) is -0.981. The molecule has 0 aromatic heterocycles. The fourth-order valence-corrected chi connectivity index (χ4v) is 2.75. The number of benzene rings is 1. The van der Waals surface area contributed by atoms with E-state index in [1.807, 2.05) is 30.3 Å². The first-order chi connectivity index (χ1) is 6.38. The van der Waals surface area contributed by atoms with Gasteiger partial charge in [0.05, 0.1) is 10.8 Å². The lowest BCUT2D eigenvalue weighted by Gasteiger charge is -2.08. The van der Waals surface area contributed by atoms with Gasteiger partial charge in [-0.1, -0.05) is 18.2 Å². The van der Waals surface area contributed by atoms with Crippen molar-refractivity contribution in [2.45, 2.75) is 23.2 Å². The van der Waals surface area contributed by atoms with Gasteiger partial charge in [-0.05, 0) is 25.0 Å². The van der Waals surface area contributed by atoms with E-state index in [0.29, 0.717) is 0 Å². The Morgan fingerprint density at radius 1 is 1.31 bits per heavy atom. The molecule has 2 atom stereocenters. The predicted octanol–water partition coefficient (Wildman–Crippen LogP) is 1.93. The van der Waals surface area contributed by atoms with Crippen LogP contribution in [0, 0.1) is 0 Å². The van der Waals surface area contributed by atoms with Crippen molar-refractivity contribution in [2.24, 2.45) is 0 Å². The van der Waals surface area contributed by atoms with Gasteiger partial charge in [0.15, 0.2) is 0 Å². The van der Waals surface area contributed by atoms with E-state index in [9.17, 15) is 4.21 Å². The minimum absolute atomic E-state index is 0.0811. The van der Waals surface area contributed by atoms with Crippen molar-refractivity contribution in [3.8, 4) is 0 Å². The Morgan fingerprint density at radius 3 is 2.69 bits per heavy atom. The molecule has 1 saturated heterocycles. The second-order valence-electron chi connectivity index (χ2n) is 3.05. The third-order valence-electron chi connectivity index (χ3n) is 2.10. The average Bonchev–Trinajstić information content (AvgIpc) is 2.71. The van der Waals surface area contributed by atoms with E-state index in [2.05, 4.69) is 0 Å². The van der Waals surface area contributed by atoms with Crippen LogP contribution < -0.4 is 0 Å². The molecule has 1 fully saturated rings. The molecule has 1 heterocycles. The van der Waals surface area contributed by atoms with Crippen LogP contribution in [0.3, 0.4) is 0 Å². The van der Waals surface area contributed by atoms with E-state index in [4.69, 9.17) is 4.74 Å². The summed E-state index contributed by atoms with van der Waals surface area (Å²) in [5.74, 6) is 0. The first-order valence-electron chi connectivity index (χ1n) is 4.45. The van der Waals surface area contributed by atoms with Crippen LogP contribution in [-0.4, -0.2) is 16.3 Å². The number of hydrogen-bond donors (Lipinski definition) is 0. The van der Waals surface area contributed by atoms with Gasteiger partial charge in [-0.3, -0.25) is 4.21 Å². The Morgan fingerprint density at radius 2 is 2.08 bits per heavy atom. The zero-order chi connectivity index (χ0) is 9.10. The highest BCUT2D eigenvalue weighted by atomic mass is 32.2. The van der Waals surface area contributed by atoms with Crippen LogP contribution in [0.4, 0.5) is 0 Å². The van der Waals surface area contributed by atoms with E-state index in [1.165, 1.54) is 0 Å². The summed E-state index contributed by atoms with van der Waals surface area (Å²) in [5.41, 5.74) is -0.0811. The van der Waals surface area contributed by atoms with E-state index < -0.39 is 10.8 Å². The van der Waals surface area contributed by atoms with Gasteiger partial charge in [0, 0.05) is 11.5 Å². The van der Waals surface area contributed by atoms with Crippen molar-refractivity contribution in [3.63, 3.8) is 0 Å². The van der Waals surface area contributed by atoms with Crippen LogP contribution in [0.5, 0.6) is 0 Å². The molecule has 1 aliphatic heterocycles. The molecule has 0 spiro atoms. The quantitative estimate of drug-likeness (QED) is 0.722. The third-order valence-corrected chi connectivity index (χ3v) is 3.69. The molecular weight excluding hydrogens is 184 g/mol. The van der Waals surface area contributed by atoms with Gasteiger partial charge < -0.3 is 4.74 Å². The van der Waals surface area contributed by atoms with Crippen LogP contribution in [0.1, 0.15) is 12.8 Å². The largest absolute Gasteiger partial charge is 0.365 e. The van der Waals surface area contributed by atoms with Crippen molar-refractivity contribution in [2.75, 3.05) is 6.61 Å². The van der Waals surface area contributed by atoms with Gasteiger partial charge in [-0.2, -0.15) is 0 Å². The lowest BCUT2D eigenvalue weighted by Crippen LogP contribution is -2.12. The minimum atomic E-state index is -0.981. The lowest BCUT2D eigenvalue weighted by atomic mass is 10.4. The molecule has 0 radical (unpaired) electrons. The highest BCUT2D eigenvalue weighted by molar-refractivity contribution is 7.85. The fraction of sp³-hybridized carbons (Fsp3) is 0.400. The molecule has 0 bridgehead atoms. The number of ether oxygens (including phenoxy) is 1. The van der Waals surface area contributed by atoms with Crippen LogP contribution in [0.15, 0.2) is 35.2 Å². The van der Waals surface area contributed by atoms with E-state index >= 15 is 0 Å². The van der Waals surface area contributed by atoms with Crippen LogP contribution in [0.25, 0.3) is 0 Å². The summed E-state index contributed by atoms with van der Waals surface area (Å²) < 4.78 is 17.2. The van der Waals surface area contributed by atoms with Crippen LogP contribution >= 0.6 is 0 Å². The maximum Gasteiger partial charge on any atom is 0.137 e. The molecule has 0 N–H and O–H groups in total. The van der Waals surface area contributed by atoms with Crippen molar-refractivity contribution in [1.82, 2.24) is 0 Å². The summed E-state index contributed by atoms with van der Waals surface area (Å²) in [4.78, 5) is 0.870. The summed E-state index contributed by atoms with van der Waals surface area (Å²) in [6, 6.07) is 9.51. The number of rotatable bonds is 2. The molecule has 0 aliphatic carbocycles. The summed E-state index contributed by atoms with van der Waals surface area (Å²) in [6.07, 6.45) is 1.95. The molecule has 2 unspecified atom stereocenters. The summed E-state index contributed by atoms with van der Waals surface area (Å²) in [5, 5.41) is 0. The lowest BCUT2D eigenvalue weighted by molar-refractivity contribution is 0.169. The van der Waals surface area contributed by atoms with Gasteiger partial charge >= 0.3 is 0 Å². The molecule has 1 aromatic rings. The molecule has 70 valence electrons. The van der Waals surface area contributed by atoms with Gasteiger partial charge in [-0.15, -0.1) is 0 Å². The molecule has 0 saturated carbocycles. The highest BCUT2D eigenvalue weighted by Gasteiger charge is 2.22. The molecule has 3 heteroatoms. The molecular formula is C10H12O2S. The summed E-state index contributed by atoms with van der Waals surface area (Å²) in [6.45, 7) is 0.753. The third kappa shape index (κ3) is 1.98. The standard InChI is InChI=1S/C10H12O2S/c11-13(10-7-4-8-12-10)9-5-2-1-3-6-9/h1-3,5-6,10H,4,7-8H2. The Hall–Kier alpha value is -0.670. The molecule has 2 rings (SSSR count). The fourth-order valence-electron chi connectivity index (χ4n) is 1.42. The zero-order valence-corrected chi connectivity index (χ0v) is 8.13. The Balaban J connectivity index is 2.13. The molecule has 1 aromatic carbocycles. The molecule has 13 heavy (non-hydrogen) atoms. The molecule has 0 amide bonds. The second kappa shape index (κ2) is 4.03. The smallest absolute Gasteiger partial charge is 0.137 e. The Kier molecular flexibility index (Phi) is 2.76. The first kappa shape index (κ1) is 8.91. The average molecular weight is 196 g/mol. The van der Waals surface area contributed by atoms with Crippen molar-refractivity contribution in [3.05, 3.63) is 30.3 Å². The molecule has 1 aliphatic rings. The highest BCUT2D eigenvalue weighted by Crippen LogP contribution is 2.20. The van der Waals surface area contributed by atoms with Gasteiger partial charge in [-0.25, -0.2) is 0 Å². The maximum absolute atomic E-state index is 11.8. The van der Waals surface area contributed by atoms with E-state index in [1.54, 1.807) is 0 Å². The van der Waals surface area contributed by atoms with E-state index in [-0.39, 0.29) is 5.44 Å². The number of hydrogen-bond acceptors (Lipinski definition) is 2. The van der Waals surface area contributed by atoms with Gasteiger partial charge in [0.25, 0.3) is 0 Å². The summed E-state index contributed by atoms with van der Waals surface area (Å²) >= 11 is 0. The minimum Gasteiger partial charge on any atom is -0.365 e. The predicted molar refractivity (Wildman–Crippen MR) is 51.8 cm³/mol. The van der Waals surface area contributed by atoms with E-state index in [0.717, 1.165) is 24.3 Å². The maximum atomic E-state index is 11.8. The molecule has 2 nitrogen and oxygen atoms in total. The second-order valence-corrected chi connectivity index (χ2v) is 4.65. The van der Waals surface area contributed by atoms with Crippen LogP contribution in [0.2, 0.25) is 0 Å². The Bertz CT molecular complexity index is 291. The topological polar surface area (TPSA) is 26.3 Å². The normalized spacial score (nSPS) is 24.5. The van der Waals surface area contributed by atoms with Crippen molar-refractivity contribution in [1.29, 1.82) is 0 Å².